The standard InChI is InChI=1S/C15H24N2O3/c1-11(2)10-20-13-6-5-12(9-14(13)19-4)15(18)17-8-7-16-3/h5-6,9,11,16H,7-8,10H2,1-4H3,(H,17,18). The van der Waals surface area contributed by atoms with Crippen LogP contribution in [0.3, 0.4) is 0 Å². The molecule has 0 heterocycles. The van der Waals surface area contributed by atoms with Gasteiger partial charge in [-0.3, -0.25) is 4.79 Å². The molecule has 0 fully saturated rings. The predicted molar refractivity (Wildman–Crippen MR) is 79.6 cm³/mol. The number of rotatable bonds is 8. The van der Waals surface area contributed by atoms with Crippen LogP contribution in [0.1, 0.15) is 24.2 Å². The molecule has 5 heteroatoms. The number of likely N-dealkylation sites (N-methyl/N-ethyl adjacent to an activating group) is 1. The summed E-state index contributed by atoms with van der Waals surface area (Å²) in [4.78, 5) is 11.9. The average Bonchev–Trinajstić information content (AvgIpc) is 2.44. The SMILES string of the molecule is CNCCNC(=O)c1ccc(OCC(C)C)c(OC)c1. The van der Waals surface area contributed by atoms with Crippen LogP contribution < -0.4 is 20.1 Å². The fraction of sp³-hybridized carbons (Fsp3) is 0.533. The van der Waals surface area contributed by atoms with Crippen LogP contribution >= 0.6 is 0 Å². The summed E-state index contributed by atoms with van der Waals surface area (Å²) in [6, 6.07) is 5.21. The third kappa shape index (κ3) is 5.09. The number of methoxy groups -OCH3 is 1. The Morgan fingerprint density at radius 1 is 1.25 bits per heavy atom. The molecule has 0 saturated heterocycles. The van der Waals surface area contributed by atoms with Crippen LogP contribution in [0.25, 0.3) is 0 Å². The van der Waals surface area contributed by atoms with Gasteiger partial charge in [0.1, 0.15) is 0 Å². The summed E-state index contributed by atoms with van der Waals surface area (Å²) >= 11 is 0. The molecule has 0 spiro atoms. The minimum Gasteiger partial charge on any atom is -0.493 e. The number of nitrogens with one attached hydrogen (secondary N) is 2. The van der Waals surface area contributed by atoms with Crippen LogP contribution in [0, 0.1) is 5.92 Å². The zero-order valence-corrected chi connectivity index (χ0v) is 12.7. The summed E-state index contributed by atoms with van der Waals surface area (Å²) in [6.07, 6.45) is 0. The maximum Gasteiger partial charge on any atom is 0.251 e. The molecule has 0 radical (unpaired) electrons. The van der Waals surface area contributed by atoms with E-state index in [-0.39, 0.29) is 5.91 Å². The Kier molecular flexibility index (Phi) is 6.87. The molecular weight excluding hydrogens is 256 g/mol. The molecule has 5 nitrogen and oxygen atoms in total. The van der Waals surface area contributed by atoms with Crippen LogP contribution in [0.5, 0.6) is 11.5 Å². The van der Waals surface area contributed by atoms with Gasteiger partial charge in [-0.25, -0.2) is 0 Å². The zero-order valence-electron chi connectivity index (χ0n) is 12.7. The van der Waals surface area contributed by atoms with Gasteiger partial charge < -0.3 is 20.1 Å². The average molecular weight is 280 g/mol. The van der Waals surface area contributed by atoms with E-state index in [1.807, 2.05) is 7.05 Å². The van der Waals surface area contributed by atoms with Crippen LogP contribution in [-0.4, -0.2) is 39.8 Å². The Morgan fingerprint density at radius 3 is 2.60 bits per heavy atom. The number of hydrogen-bond acceptors (Lipinski definition) is 4. The highest BCUT2D eigenvalue weighted by molar-refractivity contribution is 5.94. The molecule has 112 valence electrons. The van der Waals surface area contributed by atoms with E-state index in [0.717, 1.165) is 6.54 Å². The van der Waals surface area contributed by atoms with E-state index < -0.39 is 0 Å². The molecule has 0 bridgehead atoms. The first-order chi connectivity index (χ1) is 9.58. The van der Waals surface area contributed by atoms with E-state index in [2.05, 4.69) is 24.5 Å². The van der Waals surface area contributed by atoms with Crippen molar-refractivity contribution in [2.24, 2.45) is 5.92 Å². The van der Waals surface area contributed by atoms with Crippen LogP contribution in [0.4, 0.5) is 0 Å². The van der Waals surface area contributed by atoms with E-state index in [1.165, 1.54) is 0 Å². The quantitative estimate of drug-likeness (QED) is 0.711. The molecule has 0 unspecified atom stereocenters. The van der Waals surface area contributed by atoms with Crippen LogP contribution in [0.2, 0.25) is 0 Å². The number of hydrogen-bond donors (Lipinski definition) is 2. The summed E-state index contributed by atoms with van der Waals surface area (Å²) in [7, 11) is 3.41. The van der Waals surface area contributed by atoms with E-state index in [1.54, 1.807) is 25.3 Å². The minimum atomic E-state index is -0.117. The molecule has 2 N–H and O–H groups in total. The summed E-state index contributed by atoms with van der Waals surface area (Å²) < 4.78 is 10.9. The van der Waals surface area contributed by atoms with Gasteiger partial charge in [-0.1, -0.05) is 13.8 Å². The number of carbonyl (C=O) groups excluding carboxylic acids is 1. The van der Waals surface area contributed by atoms with Crippen molar-refractivity contribution < 1.29 is 14.3 Å². The van der Waals surface area contributed by atoms with Crippen molar-refractivity contribution in [3.63, 3.8) is 0 Å². The Bertz CT molecular complexity index is 433. The van der Waals surface area contributed by atoms with E-state index in [9.17, 15) is 4.79 Å². The Morgan fingerprint density at radius 2 is 2.00 bits per heavy atom. The maximum absolute atomic E-state index is 11.9. The van der Waals surface area contributed by atoms with Gasteiger partial charge in [0.05, 0.1) is 13.7 Å². The number of benzene rings is 1. The second kappa shape index (κ2) is 8.43. The second-order valence-electron chi connectivity index (χ2n) is 4.93. The van der Waals surface area contributed by atoms with E-state index >= 15 is 0 Å². The molecule has 0 atom stereocenters. The first kappa shape index (κ1) is 16.3. The lowest BCUT2D eigenvalue weighted by Gasteiger charge is -2.13. The Balaban J connectivity index is 2.73. The summed E-state index contributed by atoms with van der Waals surface area (Å²) in [6.45, 7) is 6.10. The zero-order chi connectivity index (χ0) is 15.0. The molecule has 1 amide bonds. The van der Waals surface area contributed by atoms with Crippen molar-refractivity contribution in [1.82, 2.24) is 10.6 Å². The van der Waals surface area contributed by atoms with Crippen molar-refractivity contribution >= 4 is 5.91 Å². The van der Waals surface area contributed by atoms with Gasteiger partial charge in [0, 0.05) is 18.7 Å². The maximum atomic E-state index is 11.9. The third-order valence-corrected chi connectivity index (χ3v) is 2.66. The first-order valence-electron chi connectivity index (χ1n) is 6.82. The van der Waals surface area contributed by atoms with E-state index in [4.69, 9.17) is 9.47 Å². The van der Waals surface area contributed by atoms with Crippen molar-refractivity contribution in [3.05, 3.63) is 23.8 Å². The lowest BCUT2D eigenvalue weighted by atomic mass is 10.2. The van der Waals surface area contributed by atoms with Crippen LogP contribution in [0.15, 0.2) is 18.2 Å². The summed E-state index contributed by atoms with van der Waals surface area (Å²) in [5, 5.41) is 5.80. The predicted octanol–water partition coefficient (Wildman–Crippen LogP) is 1.68. The molecule has 20 heavy (non-hydrogen) atoms. The van der Waals surface area contributed by atoms with Gasteiger partial charge in [0.15, 0.2) is 11.5 Å². The van der Waals surface area contributed by atoms with Gasteiger partial charge in [-0.15, -0.1) is 0 Å². The van der Waals surface area contributed by atoms with Crippen molar-refractivity contribution in [2.45, 2.75) is 13.8 Å². The smallest absolute Gasteiger partial charge is 0.251 e. The molecule has 1 aromatic rings. The topological polar surface area (TPSA) is 59.6 Å². The lowest BCUT2D eigenvalue weighted by Crippen LogP contribution is -2.30. The number of ether oxygens (including phenoxy) is 2. The second-order valence-corrected chi connectivity index (χ2v) is 4.93. The van der Waals surface area contributed by atoms with Gasteiger partial charge >= 0.3 is 0 Å². The monoisotopic (exact) mass is 280 g/mol. The normalized spacial score (nSPS) is 10.4. The fourth-order valence-corrected chi connectivity index (χ4v) is 1.59. The molecule has 0 aromatic heterocycles. The van der Waals surface area contributed by atoms with Gasteiger partial charge in [-0.05, 0) is 31.2 Å². The highest BCUT2D eigenvalue weighted by Crippen LogP contribution is 2.28. The Labute approximate surface area is 120 Å². The molecule has 1 aromatic carbocycles. The van der Waals surface area contributed by atoms with E-state index in [0.29, 0.717) is 36.1 Å². The van der Waals surface area contributed by atoms with Crippen molar-refractivity contribution in [3.8, 4) is 11.5 Å². The molecule has 0 aliphatic heterocycles. The molecular formula is C15H24N2O3. The van der Waals surface area contributed by atoms with Crippen molar-refractivity contribution in [1.29, 1.82) is 0 Å². The van der Waals surface area contributed by atoms with Crippen molar-refractivity contribution in [2.75, 3.05) is 33.9 Å². The molecule has 1 rings (SSSR count). The van der Waals surface area contributed by atoms with Gasteiger partial charge in [-0.2, -0.15) is 0 Å². The summed E-state index contributed by atoms with van der Waals surface area (Å²) in [5.41, 5.74) is 0.565. The Hall–Kier alpha value is -1.75. The highest BCUT2D eigenvalue weighted by Gasteiger charge is 2.11. The largest absolute Gasteiger partial charge is 0.493 e. The first-order valence-corrected chi connectivity index (χ1v) is 6.82. The lowest BCUT2D eigenvalue weighted by molar-refractivity contribution is 0.0953. The van der Waals surface area contributed by atoms with Gasteiger partial charge in [0.25, 0.3) is 5.91 Å². The molecule has 0 saturated carbocycles. The van der Waals surface area contributed by atoms with Crippen LogP contribution in [-0.2, 0) is 0 Å². The third-order valence-electron chi connectivity index (χ3n) is 2.66. The van der Waals surface area contributed by atoms with Gasteiger partial charge in [0.2, 0.25) is 0 Å². The number of carbonyl (C=O) groups is 1. The molecule has 0 aliphatic carbocycles. The summed E-state index contributed by atoms with van der Waals surface area (Å²) in [5.74, 6) is 1.55. The number of amides is 1. The highest BCUT2D eigenvalue weighted by atomic mass is 16.5. The minimum absolute atomic E-state index is 0.117. The fourth-order valence-electron chi connectivity index (χ4n) is 1.59. The molecule has 0 aliphatic rings.